The molecule has 0 heterocycles. The van der Waals surface area contributed by atoms with E-state index in [4.69, 9.17) is 0 Å². The van der Waals surface area contributed by atoms with Crippen LogP contribution in [0.3, 0.4) is 0 Å². The van der Waals surface area contributed by atoms with E-state index < -0.39 is 0 Å². The zero-order valence-corrected chi connectivity index (χ0v) is 10.1. The minimum atomic E-state index is 0.0677. The molecule has 0 aliphatic carbocycles. The van der Waals surface area contributed by atoms with Gasteiger partial charge in [0.1, 0.15) is 0 Å². The predicted molar refractivity (Wildman–Crippen MR) is 71.1 cm³/mol. The van der Waals surface area contributed by atoms with Crippen LogP contribution < -0.4 is 5.32 Å². The van der Waals surface area contributed by atoms with Crippen LogP contribution in [-0.4, -0.2) is 31.4 Å². The van der Waals surface area contributed by atoms with Gasteiger partial charge in [0.2, 0.25) is 5.91 Å². The van der Waals surface area contributed by atoms with Crippen LogP contribution in [0.1, 0.15) is 0 Å². The van der Waals surface area contributed by atoms with Crippen molar-refractivity contribution in [1.29, 1.82) is 0 Å². The van der Waals surface area contributed by atoms with Crippen LogP contribution in [0.4, 0.5) is 5.69 Å². The molecule has 0 saturated carbocycles. The second-order valence-electron chi connectivity index (χ2n) is 4.20. The van der Waals surface area contributed by atoms with Gasteiger partial charge in [0.05, 0.1) is 6.54 Å². The van der Waals surface area contributed by atoms with Crippen molar-refractivity contribution in [2.45, 2.75) is 0 Å². The average Bonchev–Trinajstić information content (AvgIpc) is 2.35. The smallest absolute Gasteiger partial charge is 0.241 e. The van der Waals surface area contributed by atoms with E-state index in [1.807, 2.05) is 18.2 Å². The highest BCUT2D eigenvalue weighted by Gasteiger charge is 2.03. The van der Waals surface area contributed by atoms with Crippen LogP contribution in [0.2, 0.25) is 0 Å². The number of likely N-dealkylation sites (N-methyl/N-ethyl adjacent to an activating group) is 1. The highest BCUT2D eigenvalue weighted by molar-refractivity contribution is 5.87. The van der Waals surface area contributed by atoms with E-state index >= 15 is 0 Å². The predicted octanol–water partition coefficient (Wildman–Crippen LogP) is 2.34. The second kappa shape index (κ2) is 4.87. The topological polar surface area (TPSA) is 32.3 Å². The van der Waals surface area contributed by atoms with Crippen molar-refractivity contribution in [2.24, 2.45) is 0 Å². The zero-order valence-electron chi connectivity index (χ0n) is 10.1. The van der Waals surface area contributed by atoms with Gasteiger partial charge in [-0.1, -0.05) is 30.3 Å². The maximum Gasteiger partial charge on any atom is 0.241 e. The minimum Gasteiger partial charge on any atom is -0.376 e. The fourth-order valence-electron chi connectivity index (χ4n) is 1.64. The minimum absolute atomic E-state index is 0.0677. The summed E-state index contributed by atoms with van der Waals surface area (Å²) >= 11 is 0. The van der Waals surface area contributed by atoms with Gasteiger partial charge in [0, 0.05) is 19.8 Å². The van der Waals surface area contributed by atoms with Gasteiger partial charge in [-0.05, 0) is 22.9 Å². The molecule has 3 nitrogen and oxygen atoms in total. The SMILES string of the molecule is CN(C)C(=O)CNc1ccc2ccccc2c1. The third-order valence-electron chi connectivity index (χ3n) is 2.69. The monoisotopic (exact) mass is 228 g/mol. The number of hydrogen-bond acceptors (Lipinski definition) is 2. The first-order chi connectivity index (χ1) is 8.16. The summed E-state index contributed by atoms with van der Waals surface area (Å²) in [6.45, 7) is 0.325. The maximum atomic E-state index is 11.4. The lowest BCUT2D eigenvalue weighted by molar-refractivity contribution is -0.126. The molecule has 3 heteroatoms. The highest BCUT2D eigenvalue weighted by atomic mass is 16.2. The Morgan fingerprint density at radius 1 is 1.12 bits per heavy atom. The fraction of sp³-hybridized carbons (Fsp3) is 0.214. The Morgan fingerprint density at radius 2 is 1.82 bits per heavy atom. The van der Waals surface area contributed by atoms with Crippen LogP contribution in [0.25, 0.3) is 10.8 Å². The molecule has 0 atom stereocenters. The summed E-state index contributed by atoms with van der Waals surface area (Å²) < 4.78 is 0. The number of benzene rings is 2. The van der Waals surface area contributed by atoms with E-state index in [2.05, 4.69) is 29.6 Å². The van der Waals surface area contributed by atoms with Gasteiger partial charge in [-0.2, -0.15) is 0 Å². The second-order valence-corrected chi connectivity index (χ2v) is 4.20. The average molecular weight is 228 g/mol. The van der Waals surface area contributed by atoms with Gasteiger partial charge in [0.25, 0.3) is 0 Å². The summed E-state index contributed by atoms with van der Waals surface area (Å²) in [6, 6.07) is 14.3. The number of carbonyl (C=O) groups is 1. The van der Waals surface area contributed by atoms with Crippen LogP contribution in [0, 0.1) is 0 Å². The molecule has 0 saturated heterocycles. The molecule has 2 aromatic rings. The molecular formula is C14H16N2O. The molecule has 2 aromatic carbocycles. The van der Waals surface area contributed by atoms with Crippen LogP contribution in [0.5, 0.6) is 0 Å². The van der Waals surface area contributed by atoms with Crippen molar-refractivity contribution >= 4 is 22.4 Å². The molecule has 2 rings (SSSR count). The van der Waals surface area contributed by atoms with E-state index in [1.165, 1.54) is 10.8 Å². The molecule has 0 unspecified atom stereocenters. The molecular weight excluding hydrogens is 212 g/mol. The lowest BCUT2D eigenvalue weighted by Gasteiger charge is -2.12. The third-order valence-corrected chi connectivity index (χ3v) is 2.69. The molecule has 0 bridgehead atoms. The number of fused-ring (bicyclic) bond motifs is 1. The van der Waals surface area contributed by atoms with Crippen molar-refractivity contribution < 1.29 is 4.79 Å². The summed E-state index contributed by atoms with van der Waals surface area (Å²) in [5.74, 6) is 0.0677. The van der Waals surface area contributed by atoms with Crippen molar-refractivity contribution in [3.05, 3.63) is 42.5 Å². The Kier molecular flexibility index (Phi) is 3.28. The first-order valence-corrected chi connectivity index (χ1v) is 5.59. The van der Waals surface area contributed by atoms with Gasteiger partial charge in [-0.15, -0.1) is 0 Å². The molecule has 0 aliphatic heterocycles. The van der Waals surface area contributed by atoms with Gasteiger partial charge in [-0.25, -0.2) is 0 Å². The Bertz CT molecular complexity index is 534. The normalized spacial score (nSPS) is 10.2. The van der Waals surface area contributed by atoms with E-state index in [9.17, 15) is 4.79 Å². The van der Waals surface area contributed by atoms with Crippen LogP contribution >= 0.6 is 0 Å². The summed E-state index contributed by atoms with van der Waals surface area (Å²) in [5.41, 5.74) is 0.971. The van der Waals surface area contributed by atoms with Crippen LogP contribution in [-0.2, 0) is 4.79 Å². The van der Waals surface area contributed by atoms with Crippen molar-refractivity contribution in [2.75, 3.05) is 26.0 Å². The van der Waals surface area contributed by atoms with E-state index in [0.717, 1.165) is 5.69 Å². The van der Waals surface area contributed by atoms with Crippen molar-refractivity contribution in [3.63, 3.8) is 0 Å². The number of anilines is 1. The molecule has 88 valence electrons. The molecule has 1 amide bonds. The van der Waals surface area contributed by atoms with Gasteiger partial charge >= 0.3 is 0 Å². The third kappa shape index (κ3) is 2.75. The number of hydrogen-bond donors (Lipinski definition) is 1. The van der Waals surface area contributed by atoms with Crippen molar-refractivity contribution in [3.8, 4) is 0 Å². The lowest BCUT2D eigenvalue weighted by atomic mass is 10.1. The van der Waals surface area contributed by atoms with Gasteiger partial charge in [-0.3, -0.25) is 4.79 Å². The standard InChI is InChI=1S/C14H16N2O/c1-16(2)14(17)10-15-13-8-7-11-5-3-4-6-12(11)9-13/h3-9,15H,10H2,1-2H3. The molecule has 0 aliphatic rings. The van der Waals surface area contributed by atoms with Gasteiger partial charge in [0.15, 0.2) is 0 Å². The first-order valence-electron chi connectivity index (χ1n) is 5.59. The van der Waals surface area contributed by atoms with Crippen LogP contribution in [0.15, 0.2) is 42.5 Å². The molecule has 0 aromatic heterocycles. The summed E-state index contributed by atoms with van der Waals surface area (Å²) in [7, 11) is 3.51. The highest BCUT2D eigenvalue weighted by Crippen LogP contribution is 2.18. The Morgan fingerprint density at radius 3 is 2.53 bits per heavy atom. The fourth-order valence-corrected chi connectivity index (χ4v) is 1.64. The zero-order chi connectivity index (χ0) is 12.3. The van der Waals surface area contributed by atoms with E-state index in [1.54, 1.807) is 19.0 Å². The molecule has 17 heavy (non-hydrogen) atoms. The van der Waals surface area contributed by atoms with E-state index in [-0.39, 0.29) is 5.91 Å². The summed E-state index contributed by atoms with van der Waals surface area (Å²) in [4.78, 5) is 13.0. The molecule has 0 radical (unpaired) electrons. The Hall–Kier alpha value is -2.03. The lowest BCUT2D eigenvalue weighted by Crippen LogP contribution is -2.28. The summed E-state index contributed by atoms with van der Waals surface area (Å²) in [5, 5.41) is 5.51. The molecule has 1 N–H and O–H groups in total. The Labute approximate surface area is 101 Å². The Balaban J connectivity index is 2.12. The first kappa shape index (κ1) is 11.5. The maximum absolute atomic E-state index is 11.4. The van der Waals surface area contributed by atoms with E-state index in [0.29, 0.717) is 6.54 Å². The van der Waals surface area contributed by atoms with Gasteiger partial charge < -0.3 is 10.2 Å². The molecule has 0 fully saturated rings. The number of nitrogens with one attached hydrogen (secondary N) is 1. The summed E-state index contributed by atoms with van der Waals surface area (Å²) in [6.07, 6.45) is 0. The number of rotatable bonds is 3. The number of nitrogens with zero attached hydrogens (tertiary/aromatic N) is 1. The number of carbonyl (C=O) groups excluding carboxylic acids is 1. The largest absolute Gasteiger partial charge is 0.376 e. The number of amides is 1. The quantitative estimate of drug-likeness (QED) is 0.874. The molecule has 0 spiro atoms. The van der Waals surface area contributed by atoms with Crippen molar-refractivity contribution in [1.82, 2.24) is 4.90 Å².